The van der Waals surface area contributed by atoms with Crippen LogP contribution in [-0.2, 0) is 0 Å². The van der Waals surface area contributed by atoms with Crippen molar-refractivity contribution in [1.29, 1.82) is 0 Å². The largest absolute Gasteiger partial charge is 0.307 e. The molecule has 1 unspecified atom stereocenters. The maximum absolute atomic E-state index is 5.99. The van der Waals surface area contributed by atoms with Crippen molar-refractivity contribution < 1.29 is 0 Å². The molecule has 1 N–H and O–H groups in total. The van der Waals surface area contributed by atoms with E-state index >= 15 is 0 Å². The Morgan fingerprint density at radius 3 is 2.62 bits per heavy atom. The highest BCUT2D eigenvalue weighted by atomic mass is 35.5. The zero-order valence-electron chi connectivity index (χ0n) is 10.5. The zero-order chi connectivity index (χ0) is 12.0. The highest BCUT2D eigenvalue weighted by Gasteiger charge is 2.10. The van der Waals surface area contributed by atoms with E-state index in [1.54, 1.807) is 0 Å². The minimum atomic E-state index is 0.371. The topological polar surface area (TPSA) is 12.0 Å². The number of rotatable bonds is 6. The normalized spacial score (nSPS) is 14.8. The molecule has 0 aliphatic carbocycles. The molecule has 0 spiro atoms. The van der Waals surface area contributed by atoms with Crippen molar-refractivity contribution in [1.82, 2.24) is 5.32 Å². The van der Waals surface area contributed by atoms with E-state index in [9.17, 15) is 0 Å². The fourth-order valence-corrected chi connectivity index (χ4v) is 2.18. The molecule has 0 heterocycles. The summed E-state index contributed by atoms with van der Waals surface area (Å²) in [5.74, 6) is 0. The van der Waals surface area contributed by atoms with Gasteiger partial charge in [-0.25, -0.2) is 0 Å². The Hall–Kier alpha value is -0.530. The standard InChI is InChI=1S/C14H22ClN/c1-4-7-14(5-2)16-11(3)12-8-6-9-13(15)10-12/h6,8-11,14,16H,4-5,7H2,1-3H3/t11-,14?/m0/s1. The van der Waals surface area contributed by atoms with Crippen LogP contribution in [0.2, 0.25) is 5.02 Å². The van der Waals surface area contributed by atoms with Gasteiger partial charge in [0.1, 0.15) is 0 Å². The molecule has 1 aromatic rings. The van der Waals surface area contributed by atoms with Gasteiger partial charge in [0.2, 0.25) is 0 Å². The SMILES string of the molecule is CCCC(CC)N[C@@H](C)c1cccc(Cl)c1. The molecule has 1 aromatic carbocycles. The molecule has 0 aliphatic heterocycles. The van der Waals surface area contributed by atoms with Gasteiger partial charge in [-0.15, -0.1) is 0 Å². The van der Waals surface area contributed by atoms with Gasteiger partial charge in [0.25, 0.3) is 0 Å². The molecule has 0 saturated heterocycles. The van der Waals surface area contributed by atoms with Gasteiger partial charge < -0.3 is 5.32 Å². The second-order valence-electron chi connectivity index (χ2n) is 4.34. The number of hydrogen-bond acceptors (Lipinski definition) is 1. The molecule has 0 bridgehead atoms. The molecule has 0 amide bonds. The summed E-state index contributed by atoms with van der Waals surface area (Å²) in [5, 5.41) is 4.47. The van der Waals surface area contributed by atoms with E-state index in [0.717, 1.165) is 5.02 Å². The van der Waals surface area contributed by atoms with Crippen LogP contribution >= 0.6 is 11.6 Å². The molecule has 2 heteroatoms. The molecular formula is C14H22ClN. The van der Waals surface area contributed by atoms with Crippen LogP contribution in [0.15, 0.2) is 24.3 Å². The van der Waals surface area contributed by atoms with Crippen molar-refractivity contribution in [2.45, 2.75) is 52.1 Å². The van der Waals surface area contributed by atoms with Gasteiger partial charge in [-0.1, -0.05) is 44.0 Å². The lowest BCUT2D eigenvalue weighted by Crippen LogP contribution is -2.30. The lowest BCUT2D eigenvalue weighted by Gasteiger charge is -2.22. The quantitative estimate of drug-likeness (QED) is 0.767. The zero-order valence-corrected chi connectivity index (χ0v) is 11.2. The Kier molecular flexibility index (Phi) is 5.86. The maximum atomic E-state index is 5.99. The Labute approximate surface area is 104 Å². The summed E-state index contributed by atoms with van der Waals surface area (Å²) in [7, 11) is 0. The Balaban J connectivity index is 2.60. The van der Waals surface area contributed by atoms with Gasteiger partial charge in [-0.3, -0.25) is 0 Å². The predicted molar refractivity (Wildman–Crippen MR) is 72.0 cm³/mol. The second-order valence-corrected chi connectivity index (χ2v) is 4.77. The highest BCUT2D eigenvalue weighted by Crippen LogP contribution is 2.18. The molecule has 90 valence electrons. The third kappa shape index (κ3) is 4.15. The summed E-state index contributed by atoms with van der Waals surface area (Å²) in [4.78, 5) is 0. The second kappa shape index (κ2) is 6.93. The van der Waals surface area contributed by atoms with E-state index in [2.05, 4.69) is 32.2 Å². The fraction of sp³-hybridized carbons (Fsp3) is 0.571. The Morgan fingerprint density at radius 1 is 1.31 bits per heavy atom. The lowest BCUT2D eigenvalue weighted by atomic mass is 10.0. The monoisotopic (exact) mass is 239 g/mol. The first-order valence-corrected chi connectivity index (χ1v) is 6.56. The molecule has 0 fully saturated rings. The summed E-state index contributed by atoms with van der Waals surface area (Å²) < 4.78 is 0. The van der Waals surface area contributed by atoms with E-state index in [0.29, 0.717) is 12.1 Å². The van der Waals surface area contributed by atoms with Gasteiger partial charge in [0.15, 0.2) is 0 Å². The van der Waals surface area contributed by atoms with Crippen molar-refractivity contribution in [3.63, 3.8) is 0 Å². The molecule has 0 saturated carbocycles. The summed E-state index contributed by atoms with van der Waals surface area (Å²) in [6.45, 7) is 6.66. The van der Waals surface area contributed by atoms with Gasteiger partial charge in [-0.05, 0) is 37.5 Å². The van der Waals surface area contributed by atoms with E-state index in [-0.39, 0.29) is 0 Å². The van der Waals surface area contributed by atoms with Gasteiger partial charge >= 0.3 is 0 Å². The third-order valence-corrected chi connectivity index (χ3v) is 3.20. The lowest BCUT2D eigenvalue weighted by molar-refractivity contribution is 0.417. The summed E-state index contributed by atoms with van der Waals surface area (Å²) in [5.41, 5.74) is 1.27. The van der Waals surface area contributed by atoms with Crippen LogP contribution in [0.25, 0.3) is 0 Å². The number of hydrogen-bond donors (Lipinski definition) is 1. The van der Waals surface area contributed by atoms with Crippen molar-refractivity contribution in [2.75, 3.05) is 0 Å². The summed E-state index contributed by atoms with van der Waals surface area (Å²) >= 11 is 5.99. The third-order valence-electron chi connectivity index (χ3n) is 2.96. The minimum Gasteiger partial charge on any atom is -0.307 e. The number of halogens is 1. The van der Waals surface area contributed by atoms with Crippen LogP contribution in [0, 0.1) is 0 Å². The molecule has 1 nitrogen and oxygen atoms in total. The van der Waals surface area contributed by atoms with E-state index in [1.807, 2.05) is 18.2 Å². The Morgan fingerprint density at radius 2 is 2.06 bits per heavy atom. The van der Waals surface area contributed by atoms with Crippen LogP contribution in [0.1, 0.15) is 51.6 Å². The van der Waals surface area contributed by atoms with Crippen LogP contribution < -0.4 is 5.32 Å². The first-order valence-electron chi connectivity index (χ1n) is 6.18. The van der Waals surface area contributed by atoms with Crippen molar-refractivity contribution >= 4 is 11.6 Å². The molecule has 0 aromatic heterocycles. The maximum Gasteiger partial charge on any atom is 0.0409 e. The molecule has 1 rings (SSSR count). The van der Waals surface area contributed by atoms with E-state index < -0.39 is 0 Å². The van der Waals surface area contributed by atoms with Gasteiger partial charge in [0, 0.05) is 17.1 Å². The fourth-order valence-electron chi connectivity index (χ4n) is 1.98. The average molecular weight is 240 g/mol. The van der Waals surface area contributed by atoms with Gasteiger partial charge in [-0.2, -0.15) is 0 Å². The van der Waals surface area contributed by atoms with Crippen LogP contribution in [0.5, 0.6) is 0 Å². The van der Waals surface area contributed by atoms with E-state index in [1.165, 1.54) is 24.8 Å². The van der Waals surface area contributed by atoms with Gasteiger partial charge in [0.05, 0.1) is 0 Å². The number of benzene rings is 1. The van der Waals surface area contributed by atoms with Crippen LogP contribution in [-0.4, -0.2) is 6.04 Å². The molecule has 0 radical (unpaired) electrons. The van der Waals surface area contributed by atoms with Crippen LogP contribution in [0.4, 0.5) is 0 Å². The van der Waals surface area contributed by atoms with Crippen molar-refractivity contribution in [3.05, 3.63) is 34.9 Å². The highest BCUT2D eigenvalue weighted by molar-refractivity contribution is 6.30. The smallest absolute Gasteiger partial charge is 0.0409 e. The predicted octanol–water partition coefficient (Wildman–Crippen LogP) is 4.57. The first kappa shape index (κ1) is 13.5. The average Bonchev–Trinajstić information content (AvgIpc) is 2.28. The summed E-state index contributed by atoms with van der Waals surface area (Å²) in [6, 6.07) is 9.08. The number of nitrogens with one attached hydrogen (secondary N) is 1. The molecule has 16 heavy (non-hydrogen) atoms. The molecular weight excluding hydrogens is 218 g/mol. The molecule has 2 atom stereocenters. The minimum absolute atomic E-state index is 0.371. The molecule has 0 aliphatic rings. The Bertz CT molecular complexity index is 311. The van der Waals surface area contributed by atoms with Crippen molar-refractivity contribution in [3.8, 4) is 0 Å². The summed E-state index contributed by atoms with van der Waals surface area (Å²) in [6.07, 6.45) is 3.65. The first-order chi connectivity index (χ1) is 7.67. The van der Waals surface area contributed by atoms with Crippen LogP contribution in [0.3, 0.4) is 0 Å². The van der Waals surface area contributed by atoms with E-state index in [4.69, 9.17) is 11.6 Å². The van der Waals surface area contributed by atoms with Crippen molar-refractivity contribution in [2.24, 2.45) is 0 Å².